The quantitative estimate of drug-likeness (QED) is 0.749. The Kier molecular flexibility index (Phi) is 4.51. The van der Waals surface area contributed by atoms with Crippen molar-refractivity contribution in [2.24, 2.45) is 0 Å². The van der Waals surface area contributed by atoms with E-state index in [2.05, 4.69) is 9.71 Å². The SMILES string of the molecule is COc1ccc(NS(=O)(=O)CCCO)cn1. The molecule has 1 rings (SSSR count). The van der Waals surface area contributed by atoms with Gasteiger partial charge in [-0.15, -0.1) is 0 Å². The minimum absolute atomic E-state index is 0.116. The molecule has 90 valence electrons. The summed E-state index contributed by atoms with van der Waals surface area (Å²) >= 11 is 0. The molecule has 1 aromatic heterocycles. The number of rotatable bonds is 6. The van der Waals surface area contributed by atoms with Crippen LogP contribution >= 0.6 is 0 Å². The summed E-state index contributed by atoms with van der Waals surface area (Å²) in [5.41, 5.74) is 0.374. The largest absolute Gasteiger partial charge is 0.481 e. The predicted molar refractivity (Wildman–Crippen MR) is 59.9 cm³/mol. The molecule has 0 bridgehead atoms. The van der Waals surface area contributed by atoms with Crippen LogP contribution < -0.4 is 9.46 Å². The number of aliphatic hydroxyl groups excluding tert-OH is 1. The lowest BCUT2D eigenvalue weighted by Crippen LogP contribution is -2.17. The number of anilines is 1. The summed E-state index contributed by atoms with van der Waals surface area (Å²) in [7, 11) is -1.93. The number of hydrogen-bond acceptors (Lipinski definition) is 5. The number of aromatic nitrogens is 1. The number of nitrogens with zero attached hydrogens (tertiary/aromatic N) is 1. The summed E-state index contributed by atoms with van der Waals surface area (Å²) in [5.74, 6) is 0.300. The predicted octanol–water partition coefficient (Wildman–Crippen LogP) is 0.214. The monoisotopic (exact) mass is 246 g/mol. The molecule has 0 spiro atoms. The molecule has 0 saturated heterocycles. The highest BCUT2D eigenvalue weighted by molar-refractivity contribution is 7.92. The van der Waals surface area contributed by atoms with E-state index in [0.717, 1.165) is 0 Å². The second-order valence-corrected chi connectivity index (χ2v) is 4.93. The average Bonchev–Trinajstić information content (AvgIpc) is 2.27. The molecule has 16 heavy (non-hydrogen) atoms. The smallest absolute Gasteiger partial charge is 0.232 e. The third-order valence-corrected chi connectivity index (χ3v) is 3.16. The average molecular weight is 246 g/mol. The first kappa shape index (κ1) is 12.7. The van der Waals surface area contributed by atoms with Crippen molar-refractivity contribution in [1.29, 1.82) is 0 Å². The first-order valence-corrected chi connectivity index (χ1v) is 6.34. The van der Waals surface area contributed by atoms with E-state index in [1.165, 1.54) is 13.3 Å². The van der Waals surface area contributed by atoms with Gasteiger partial charge in [-0.1, -0.05) is 0 Å². The molecule has 0 saturated carbocycles. The Labute approximate surface area is 94.3 Å². The highest BCUT2D eigenvalue weighted by Gasteiger charge is 2.09. The molecule has 1 heterocycles. The van der Waals surface area contributed by atoms with Gasteiger partial charge in [0, 0.05) is 12.7 Å². The molecule has 6 nitrogen and oxygen atoms in total. The van der Waals surface area contributed by atoms with Crippen molar-refractivity contribution in [1.82, 2.24) is 4.98 Å². The van der Waals surface area contributed by atoms with Gasteiger partial charge in [0.15, 0.2) is 0 Å². The maximum absolute atomic E-state index is 11.4. The Balaban J connectivity index is 2.65. The lowest BCUT2D eigenvalue weighted by atomic mass is 10.4. The molecular weight excluding hydrogens is 232 g/mol. The molecule has 2 N–H and O–H groups in total. The fourth-order valence-corrected chi connectivity index (χ4v) is 2.14. The highest BCUT2D eigenvalue weighted by Crippen LogP contribution is 2.12. The standard InChI is InChI=1S/C9H14N2O4S/c1-15-9-4-3-8(7-10-9)11-16(13,14)6-2-5-12/h3-4,7,11-12H,2,5-6H2,1H3. The summed E-state index contributed by atoms with van der Waals surface area (Å²) in [6, 6.07) is 3.12. The van der Waals surface area contributed by atoms with Crippen LogP contribution in [0.3, 0.4) is 0 Å². The van der Waals surface area contributed by atoms with Crippen LogP contribution in [0.2, 0.25) is 0 Å². The van der Waals surface area contributed by atoms with Crippen molar-refractivity contribution >= 4 is 15.7 Å². The molecule has 0 aliphatic rings. The summed E-state index contributed by atoms with van der Waals surface area (Å²) in [6.45, 7) is -0.151. The molecular formula is C9H14N2O4S. The van der Waals surface area contributed by atoms with Crippen LogP contribution in [-0.4, -0.2) is 38.0 Å². The molecule has 0 aliphatic carbocycles. The fourth-order valence-electron chi connectivity index (χ4n) is 1.05. The van der Waals surface area contributed by atoms with Gasteiger partial charge in [0.05, 0.1) is 24.7 Å². The van der Waals surface area contributed by atoms with Crippen molar-refractivity contribution in [3.8, 4) is 5.88 Å². The van der Waals surface area contributed by atoms with E-state index in [0.29, 0.717) is 11.6 Å². The van der Waals surface area contributed by atoms with Crippen molar-refractivity contribution in [2.45, 2.75) is 6.42 Å². The number of nitrogens with one attached hydrogen (secondary N) is 1. The molecule has 0 fully saturated rings. The van der Waals surface area contributed by atoms with E-state index in [9.17, 15) is 8.42 Å². The molecule has 7 heteroatoms. The van der Waals surface area contributed by atoms with Crippen LogP contribution in [-0.2, 0) is 10.0 Å². The van der Waals surface area contributed by atoms with Gasteiger partial charge in [0.1, 0.15) is 0 Å². The van der Waals surface area contributed by atoms with Crippen LogP contribution in [0.4, 0.5) is 5.69 Å². The van der Waals surface area contributed by atoms with E-state index in [4.69, 9.17) is 9.84 Å². The topological polar surface area (TPSA) is 88.5 Å². The summed E-state index contributed by atoms with van der Waals surface area (Å²) in [4.78, 5) is 3.86. The van der Waals surface area contributed by atoms with Gasteiger partial charge in [0.25, 0.3) is 0 Å². The number of methoxy groups -OCH3 is 1. The fraction of sp³-hybridized carbons (Fsp3) is 0.444. The Bertz CT molecular complexity index is 416. The number of ether oxygens (including phenoxy) is 1. The zero-order valence-corrected chi connectivity index (χ0v) is 9.70. The van der Waals surface area contributed by atoms with Crippen LogP contribution in [0, 0.1) is 0 Å². The molecule has 0 unspecified atom stereocenters. The first-order chi connectivity index (χ1) is 7.57. The van der Waals surface area contributed by atoms with Gasteiger partial charge < -0.3 is 9.84 Å². The van der Waals surface area contributed by atoms with Crippen molar-refractivity contribution in [3.05, 3.63) is 18.3 Å². The minimum atomic E-state index is -3.41. The van der Waals surface area contributed by atoms with Gasteiger partial charge in [-0.3, -0.25) is 4.72 Å². The lowest BCUT2D eigenvalue weighted by Gasteiger charge is -2.07. The summed E-state index contributed by atoms with van der Waals surface area (Å²) < 4.78 is 30.1. The normalized spacial score (nSPS) is 11.1. The highest BCUT2D eigenvalue weighted by atomic mass is 32.2. The molecule has 1 aromatic rings. The summed E-state index contributed by atoms with van der Waals surface area (Å²) in [5, 5.41) is 8.54. The van der Waals surface area contributed by atoms with Crippen molar-refractivity contribution < 1.29 is 18.3 Å². The lowest BCUT2D eigenvalue weighted by molar-refractivity contribution is 0.295. The number of pyridine rings is 1. The van der Waals surface area contributed by atoms with Gasteiger partial charge in [0.2, 0.25) is 15.9 Å². The Morgan fingerprint density at radius 1 is 1.50 bits per heavy atom. The molecule has 0 aromatic carbocycles. The van der Waals surface area contributed by atoms with E-state index in [1.54, 1.807) is 12.1 Å². The molecule has 0 aliphatic heterocycles. The van der Waals surface area contributed by atoms with Crippen molar-refractivity contribution in [3.63, 3.8) is 0 Å². The second-order valence-electron chi connectivity index (χ2n) is 3.09. The van der Waals surface area contributed by atoms with Crippen LogP contribution in [0.1, 0.15) is 6.42 Å². The Hall–Kier alpha value is -1.34. The Morgan fingerprint density at radius 3 is 2.75 bits per heavy atom. The third-order valence-electron chi connectivity index (χ3n) is 1.79. The van der Waals surface area contributed by atoms with Gasteiger partial charge in [-0.05, 0) is 12.5 Å². The Morgan fingerprint density at radius 2 is 2.25 bits per heavy atom. The zero-order chi connectivity index (χ0) is 12.0. The van der Waals surface area contributed by atoms with Crippen LogP contribution in [0.15, 0.2) is 18.3 Å². The van der Waals surface area contributed by atoms with E-state index in [-0.39, 0.29) is 18.8 Å². The number of sulfonamides is 1. The molecule has 0 atom stereocenters. The van der Waals surface area contributed by atoms with Crippen LogP contribution in [0.5, 0.6) is 5.88 Å². The van der Waals surface area contributed by atoms with E-state index >= 15 is 0 Å². The van der Waals surface area contributed by atoms with Gasteiger partial charge in [-0.2, -0.15) is 0 Å². The second kappa shape index (κ2) is 5.66. The van der Waals surface area contributed by atoms with Gasteiger partial charge >= 0.3 is 0 Å². The van der Waals surface area contributed by atoms with Gasteiger partial charge in [-0.25, -0.2) is 13.4 Å². The third kappa shape index (κ3) is 4.03. The van der Waals surface area contributed by atoms with E-state index in [1.807, 2.05) is 0 Å². The zero-order valence-electron chi connectivity index (χ0n) is 8.88. The number of hydrogen-bond donors (Lipinski definition) is 2. The van der Waals surface area contributed by atoms with Crippen molar-refractivity contribution in [2.75, 3.05) is 24.2 Å². The maximum atomic E-state index is 11.4. The first-order valence-electron chi connectivity index (χ1n) is 4.69. The molecule has 0 amide bonds. The van der Waals surface area contributed by atoms with Crippen LogP contribution in [0.25, 0.3) is 0 Å². The minimum Gasteiger partial charge on any atom is -0.481 e. The van der Waals surface area contributed by atoms with E-state index < -0.39 is 10.0 Å². The maximum Gasteiger partial charge on any atom is 0.232 e. The summed E-state index contributed by atoms with van der Waals surface area (Å²) in [6.07, 6.45) is 1.58. The molecule has 0 radical (unpaired) electrons. The number of aliphatic hydroxyl groups is 1.